The first-order valence-electron chi connectivity index (χ1n) is 6.16. The summed E-state index contributed by atoms with van der Waals surface area (Å²) < 4.78 is 40.5. The van der Waals surface area contributed by atoms with Gasteiger partial charge >= 0.3 is 0 Å². The summed E-state index contributed by atoms with van der Waals surface area (Å²) in [4.78, 5) is 11.1. The highest BCUT2D eigenvalue weighted by Crippen LogP contribution is 2.14. The Kier molecular flexibility index (Phi) is 6.69. The van der Waals surface area contributed by atoms with E-state index in [0.29, 0.717) is 26.2 Å². The predicted octanol–water partition coefficient (Wildman–Crippen LogP) is -0.561. The van der Waals surface area contributed by atoms with Gasteiger partial charge in [0.25, 0.3) is 5.91 Å². The Morgan fingerprint density at radius 3 is 2.62 bits per heavy atom. The third-order valence-corrected chi connectivity index (χ3v) is 3.52. The smallest absolute Gasteiger partial charge is 0.251 e. The number of hydrogen-bond donors (Lipinski definition) is 3. The van der Waals surface area contributed by atoms with Crippen molar-refractivity contribution >= 4 is 15.9 Å². The van der Waals surface area contributed by atoms with Crippen molar-refractivity contribution in [3.8, 4) is 0 Å². The minimum absolute atomic E-state index is 0.0248. The number of carbonyl (C=O) groups is 1. The number of methoxy groups -OCH3 is 1. The molecule has 0 fully saturated rings. The molecule has 0 aliphatic carbocycles. The van der Waals surface area contributed by atoms with Gasteiger partial charge in [-0.2, -0.15) is 0 Å². The Balaban J connectivity index is 2.54. The van der Waals surface area contributed by atoms with Gasteiger partial charge in [0.05, 0.1) is 6.61 Å². The fraction of sp³-hybridized carbons (Fsp3) is 0.417. The second-order valence-corrected chi connectivity index (χ2v) is 5.72. The van der Waals surface area contributed by atoms with Crippen LogP contribution in [0.25, 0.3) is 0 Å². The van der Waals surface area contributed by atoms with Crippen LogP contribution in [0.1, 0.15) is 10.4 Å². The van der Waals surface area contributed by atoms with E-state index in [1.807, 2.05) is 0 Å². The molecule has 1 rings (SSSR count). The molecule has 21 heavy (non-hydrogen) atoms. The molecule has 1 amide bonds. The topological polar surface area (TPSA) is 111 Å². The highest BCUT2D eigenvalue weighted by atomic mass is 32.2. The van der Waals surface area contributed by atoms with Crippen LogP contribution in [0.15, 0.2) is 23.1 Å². The normalized spacial score (nSPS) is 11.4. The SMILES string of the molecule is COCCNCCNC(=O)c1ccc(S(N)(=O)=O)c(F)c1. The molecule has 0 radical (unpaired) electrons. The van der Waals surface area contributed by atoms with Gasteiger partial charge < -0.3 is 15.4 Å². The van der Waals surface area contributed by atoms with Gasteiger partial charge in [0.15, 0.2) is 0 Å². The van der Waals surface area contributed by atoms with Crippen LogP contribution < -0.4 is 15.8 Å². The van der Waals surface area contributed by atoms with Crippen LogP contribution in [0, 0.1) is 5.82 Å². The van der Waals surface area contributed by atoms with E-state index in [-0.39, 0.29) is 5.56 Å². The zero-order chi connectivity index (χ0) is 15.9. The second-order valence-electron chi connectivity index (χ2n) is 4.19. The summed E-state index contributed by atoms with van der Waals surface area (Å²) in [5.41, 5.74) is 0.0248. The number of amides is 1. The van der Waals surface area contributed by atoms with E-state index in [0.717, 1.165) is 12.1 Å². The summed E-state index contributed by atoms with van der Waals surface area (Å²) in [5, 5.41) is 10.4. The lowest BCUT2D eigenvalue weighted by atomic mass is 10.2. The average molecular weight is 319 g/mol. The summed E-state index contributed by atoms with van der Waals surface area (Å²) in [6, 6.07) is 3.01. The van der Waals surface area contributed by atoms with Crippen molar-refractivity contribution in [2.75, 3.05) is 33.4 Å². The molecule has 0 aliphatic rings. The number of benzene rings is 1. The van der Waals surface area contributed by atoms with E-state index >= 15 is 0 Å². The standard InChI is InChI=1S/C12H18FN3O4S/c1-20-7-6-15-4-5-16-12(17)9-2-3-11(10(13)8-9)21(14,18)19/h2-3,8,15H,4-7H2,1H3,(H,16,17)(H2,14,18,19). The number of sulfonamides is 1. The number of primary sulfonamides is 1. The first-order chi connectivity index (χ1) is 9.86. The van der Waals surface area contributed by atoms with Crippen LogP contribution >= 0.6 is 0 Å². The molecule has 0 saturated heterocycles. The lowest BCUT2D eigenvalue weighted by Gasteiger charge is -2.07. The number of nitrogens with one attached hydrogen (secondary N) is 2. The summed E-state index contributed by atoms with van der Waals surface area (Å²) in [6.07, 6.45) is 0. The molecule has 0 bridgehead atoms. The average Bonchev–Trinajstić information content (AvgIpc) is 2.41. The zero-order valence-electron chi connectivity index (χ0n) is 11.6. The molecule has 9 heteroatoms. The van der Waals surface area contributed by atoms with Gasteiger partial charge in [0.2, 0.25) is 10.0 Å². The molecule has 0 unspecified atom stereocenters. The third-order valence-electron chi connectivity index (χ3n) is 2.57. The largest absolute Gasteiger partial charge is 0.383 e. The maximum absolute atomic E-state index is 13.6. The summed E-state index contributed by atoms with van der Waals surface area (Å²) >= 11 is 0. The Morgan fingerprint density at radius 1 is 1.33 bits per heavy atom. The van der Waals surface area contributed by atoms with Gasteiger partial charge in [0, 0.05) is 32.3 Å². The highest BCUT2D eigenvalue weighted by Gasteiger charge is 2.16. The van der Waals surface area contributed by atoms with Crippen molar-refractivity contribution in [2.24, 2.45) is 5.14 Å². The molecular weight excluding hydrogens is 301 g/mol. The van der Waals surface area contributed by atoms with Crippen molar-refractivity contribution in [3.63, 3.8) is 0 Å². The molecule has 0 heterocycles. The quantitative estimate of drug-likeness (QED) is 0.556. The van der Waals surface area contributed by atoms with E-state index in [9.17, 15) is 17.6 Å². The maximum Gasteiger partial charge on any atom is 0.251 e. The van der Waals surface area contributed by atoms with Crippen molar-refractivity contribution in [1.82, 2.24) is 10.6 Å². The van der Waals surface area contributed by atoms with E-state index in [1.165, 1.54) is 6.07 Å². The van der Waals surface area contributed by atoms with Crippen LogP contribution in [0.3, 0.4) is 0 Å². The van der Waals surface area contributed by atoms with Crippen LogP contribution in [0.5, 0.6) is 0 Å². The Bertz CT molecular complexity index is 592. The molecule has 0 spiro atoms. The number of carbonyl (C=O) groups excluding carboxylic acids is 1. The van der Waals surface area contributed by atoms with Gasteiger partial charge in [-0.15, -0.1) is 0 Å². The van der Waals surface area contributed by atoms with Crippen LogP contribution in [-0.2, 0) is 14.8 Å². The monoisotopic (exact) mass is 319 g/mol. The van der Waals surface area contributed by atoms with Gasteiger partial charge in [-0.1, -0.05) is 0 Å². The van der Waals surface area contributed by atoms with E-state index in [1.54, 1.807) is 7.11 Å². The fourth-order valence-corrected chi connectivity index (χ4v) is 2.13. The number of rotatable bonds is 8. The second kappa shape index (κ2) is 8.03. The Labute approximate surface area is 122 Å². The van der Waals surface area contributed by atoms with Crippen molar-refractivity contribution in [1.29, 1.82) is 0 Å². The molecule has 4 N–H and O–H groups in total. The maximum atomic E-state index is 13.6. The van der Waals surface area contributed by atoms with E-state index < -0.39 is 26.6 Å². The van der Waals surface area contributed by atoms with Gasteiger partial charge in [0.1, 0.15) is 10.7 Å². The summed E-state index contributed by atoms with van der Waals surface area (Å²) in [5.74, 6) is -1.55. The molecule has 0 aliphatic heterocycles. The zero-order valence-corrected chi connectivity index (χ0v) is 12.4. The van der Waals surface area contributed by atoms with Gasteiger partial charge in [-0.3, -0.25) is 4.79 Å². The van der Waals surface area contributed by atoms with Gasteiger partial charge in [-0.05, 0) is 18.2 Å². The third kappa shape index (κ3) is 5.76. The van der Waals surface area contributed by atoms with E-state index in [4.69, 9.17) is 9.88 Å². The minimum Gasteiger partial charge on any atom is -0.383 e. The van der Waals surface area contributed by atoms with Crippen LogP contribution in [0.4, 0.5) is 4.39 Å². The Hall–Kier alpha value is -1.55. The van der Waals surface area contributed by atoms with E-state index in [2.05, 4.69) is 10.6 Å². The fourth-order valence-electron chi connectivity index (χ4n) is 1.54. The van der Waals surface area contributed by atoms with Crippen LogP contribution in [0.2, 0.25) is 0 Å². The Morgan fingerprint density at radius 2 is 2.05 bits per heavy atom. The minimum atomic E-state index is -4.13. The van der Waals surface area contributed by atoms with Gasteiger partial charge in [-0.25, -0.2) is 17.9 Å². The van der Waals surface area contributed by atoms with Crippen molar-refractivity contribution in [3.05, 3.63) is 29.6 Å². The lowest BCUT2D eigenvalue weighted by Crippen LogP contribution is -2.33. The van der Waals surface area contributed by atoms with Crippen molar-refractivity contribution in [2.45, 2.75) is 4.90 Å². The molecule has 0 atom stereocenters. The number of nitrogens with two attached hydrogens (primary N) is 1. The molecular formula is C12H18FN3O4S. The first-order valence-corrected chi connectivity index (χ1v) is 7.71. The van der Waals surface area contributed by atoms with Crippen LogP contribution in [-0.4, -0.2) is 47.7 Å². The first kappa shape index (κ1) is 17.5. The lowest BCUT2D eigenvalue weighted by molar-refractivity contribution is 0.0953. The predicted molar refractivity (Wildman–Crippen MR) is 74.9 cm³/mol. The molecule has 118 valence electrons. The summed E-state index contributed by atoms with van der Waals surface area (Å²) in [7, 11) is -2.55. The number of hydrogen-bond acceptors (Lipinski definition) is 5. The molecule has 7 nitrogen and oxygen atoms in total. The number of halogens is 1. The molecule has 1 aromatic rings. The highest BCUT2D eigenvalue weighted by molar-refractivity contribution is 7.89. The number of ether oxygens (including phenoxy) is 1. The molecule has 0 aromatic heterocycles. The van der Waals surface area contributed by atoms with Crippen molar-refractivity contribution < 1.29 is 22.3 Å². The summed E-state index contributed by atoms with van der Waals surface area (Å²) in [6.45, 7) is 2.10. The molecule has 1 aromatic carbocycles. The molecule has 0 saturated carbocycles.